The van der Waals surface area contributed by atoms with Gasteiger partial charge in [-0.05, 0) is 36.8 Å². The predicted molar refractivity (Wildman–Crippen MR) is 84.3 cm³/mol. The lowest BCUT2D eigenvalue weighted by Gasteiger charge is -2.25. The van der Waals surface area contributed by atoms with Crippen LogP contribution in [0.1, 0.15) is 31.7 Å². The maximum atomic E-state index is 12.4. The predicted octanol–water partition coefficient (Wildman–Crippen LogP) is 2.21. The molecule has 2 N–H and O–H groups in total. The highest BCUT2D eigenvalue weighted by molar-refractivity contribution is 5.77. The van der Waals surface area contributed by atoms with Crippen LogP contribution in [0, 0.1) is 5.92 Å². The molecule has 21 heavy (non-hydrogen) atoms. The number of benzene rings is 1. The molecule has 2 rings (SSSR count). The molecule has 0 radical (unpaired) electrons. The molecule has 0 bridgehead atoms. The van der Waals surface area contributed by atoms with Crippen molar-refractivity contribution >= 4 is 5.91 Å². The number of nitrogens with two attached hydrogens (primary N) is 1. The molecule has 2 atom stereocenters. The van der Waals surface area contributed by atoms with Crippen molar-refractivity contribution in [2.24, 2.45) is 11.7 Å². The van der Waals surface area contributed by atoms with Gasteiger partial charge >= 0.3 is 0 Å². The van der Waals surface area contributed by atoms with Gasteiger partial charge in [-0.15, -0.1) is 0 Å². The highest BCUT2D eigenvalue weighted by Gasteiger charge is 2.28. The zero-order valence-corrected chi connectivity index (χ0v) is 13.0. The van der Waals surface area contributed by atoms with Gasteiger partial charge in [-0.3, -0.25) is 4.79 Å². The number of ether oxygens (including phenoxy) is 1. The number of likely N-dealkylation sites (tertiary alicyclic amines) is 1. The van der Waals surface area contributed by atoms with Gasteiger partial charge in [0, 0.05) is 25.6 Å². The van der Waals surface area contributed by atoms with Crippen molar-refractivity contribution in [3.8, 4) is 5.75 Å². The summed E-state index contributed by atoms with van der Waals surface area (Å²) in [5.41, 5.74) is 6.91. The zero-order chi connectivity index (χ0) is 15.2. The summed E-state index contributed by atoms with van der Waals surface area (Å²) in [6.45, 7) is 3.56. The smallest absolute Gasteiger partial charge is 0.223 e. The van der Waals surface area contributed by atoms with E-state index in [-0.39, 0.29) is 11.9 Å². The van der Waals surface area contributed by atoms with E-state index in [9.17, 15) is 4.79 Å². The van der Waals surface area contributed by atoms with Crippen LogP contribution in [0.25, 0.3) is 0 Å². The highest BCUT2D eigenvalue weighted by Crippen LogP contribution is 2.24. The second kappa shape index (κ2) is 7.46. The number of hydrogen-bond acceptors (Lipinski definition) is 3. The van der Waals surface area contributed by atoms with Crippen LogP contribution in [0.5, 0.6) is 5.75 Å². The summed E-state index contributed by atoms with van der Waals surface area (Å²) < 4.78 is 5.37. The van der Waals surface area contributed by atoms with E-state index in [1.807, 2.05) is 23.1 Å². The Hall–Kier alpha value is -1.55. The Balaban J connectivity index is 1.92. The molecule has 0 aromatic heterocycles. The van der Waals surface area contributed by atoms with Gasteiger partial charge < -0.3 is 15.4 Å². The summed E-state index contributed by atoms with van der Waals surface area (Å²) in [5, 5.41) is 0. The van der Waals surface area contributed by atoms with Gasteiger partial charge in [0.15, 0.2) is 0 Å². The lowest BCUT2D eigenvalue weighted by atomic mass is 9.96. The minimum atomic E-state index is 0.241. The fraction of sp³-hybridized carbons (Fsp3) is 0.588. The first-order chi connectivity index (χ1) is 10.2. The average Bonchev–Trinajstić information content (AvgIpc) is 2.96. The maximum absolute atomic E-state index is 12.4. The molecule has 4 heteroatoms. The summed E-state index contributed by atoms with van der Waals surface area (Å²) in [4.78, 5) is 14.4. The molecule has 1 aliphatic heterocycles. The molecule has 0 spiro atoms. The number of methoxy groups -OCH3 is 1. The summed E-state index contributed by atoms with van der Waals surface area (Å²) >= 11 is 0. The normalized spacial score (nSPS) is 19.6. The van der Waals surface area contributed by atoms with E-state index in [1.165, 1.54) is 0 Å². The van der Waals surface area contributed by atoms with Crippen LogP contribution < -0.4 is 10.5 Å². The minimum Gasteiger partial charge on any atom is -0.496 e. The second-order valence-electron chi connectivity index (χ2n) is 5.94. The Morgan fingerprint density at radius 3 is 2.95 bits per heavy atom. The fourth-order valence-corrected chi connectivity index (χ4v) is 3.14. The molecule has 0 aliphatic carbocycles. The Kier molecular flexibility index (Phi) is 5.62. The van der Waals surface area contributed by atoms with Crippen molar-refractivity contribution < 1.29 is 9.53 Å². The molecule has 116 valence electrons. The minimum absolute atomic E-state index is 0.241. The summed E-state index contributed by atoms with van der Waals surface area (Å²) in [5.74, 6) is 1.44. The van der Waals surface area contributed by atoms with E-state index in [2.05, 4.69) is 13.0 Å². The third-order valence-electron chi connectivity index (χ3n) is 4.25. The third kappa shape index (κ3) is 3.97. The van der Waals surface area contributed by atoms with E-state index < -0.39 is 0 Å². The fourth-order valence-electron chi connectivity index (χ4n) is 3.14. The number of carbonyl (C=O) groups is 1. The molecule has 1 fully saturated rings. The van der Waals surface area contributed by atoms with Crippen molar-refractivity contribution in [2.75, 3.05) is 20.2 Å². The standard InChI is InChI=1S/C17H26N2O2/c1-13(10-14-6-3-4-8-16(14)21-2)11-17(20)19-9-5-7-15(19)12-18/h3-4,6,8,13,15H,5,7,9-12,18H2,1-2H3/t13-,15+/m0/s1. The number of carbonyl (C=O) groups excluding carboxylic acids is 1. The molecule has 1 aromatic rings. The van der Waals surface area contributed by atoms with Gasteiger partial charge in [-0.2, -0.15) is 0 Å². The molecule has 0 unspecified atom stereocenters. The van der Waals surface area contributed by atoms with Crippen LogP contribution in [0.15, 0.2) is 24.3 Å². The number of hydrogen-bond donors (Lipinski definition) is 1. The first kappa shape index (κ1) is 15.8. The number of amides is 1. The van der Waals surface area contributed by atoms with Crippen molar-refractivity contribution in [3.63, 3.8) is 0 Å². The average molecular weight is 290 g/mol. The van der Waals surface area contributed by atoms with Gasteiger partial charge in [0.25, 0.3) is 0 Å². The van der Waals surface area contributed by atoms with Crippen molar-refractivity contribution in [1.82, 2.24) is 4.90 Å². The number of rotatable bonds is 6. The molecule has 4 nitrogen and oxygen atoms in total. The first-order valence-corrected chi connectivity index (χ1v) is 7.77. The van der Waals surface area contributed by atoms with Gasteiger partial charge in [0.05, 0.1) is 7.11 Å². The van der Waals surface area contributed by atoms with Gasteiger partial charge in [-0.1, -0.05) is 25.1 Å². The third-order valence-corrected chi connectivity index (χ3v) is 4.25. The van der Waals surface area contributed by atoms with E-state index in [0.29, 0.717) is 18.9 Å². The van der Waals surface area contributed by atoms with Crippen LogP contribution in [0.4, 0.5) is 0 Å². The summed E-state index contributed by atoms with van der Waals surface area (Å²) in [7, 11) is 1.69. The molecule has 1 aliphatic rings. The second-order valence-corrected chi connectivity index (χ2v) is 5.94. The summed E-state index contributed by atoms with van der Waals surface area (Å²) in [6.07, 6.45) is 3.56. The molecule has 1 amide bonds. The van der Waals surface area contributed by atoms with Crippen LogP contribution in [-0.2, 0) is 11.2 Å². The monoisotopic (exact) mass is 290 g/mol. The number of nitrogens with zero attached hydrogens (tertiary/aromatic N) is 1. The van der Waals surface area contributed by atoms with Crippen molar-refractivity contribution in [2.45, 2.75) is 38.6 Å². The quantitative estimate of drug-likeness (QED) is 0.874. The molecule has 0 saturated carbocycles. The Bertz CT molecular complexity index is 476. The zero-order valence-electron chi connectivity index (χ0n) is 13.0. The Labute approximate surface area is 127 Å². The lowest BCUT2D eigenvalue weighted by Crippen LogP contribution is -2.40. The first-order valence-electron chi connectivity index (χ1n) is 7.77. The van der Waals surface area contributed by atoms with E-state index in [0.717, 1.165) is 37.1 Å². The van der Waals surface area contributed by atoms with Crippen molar-refractivity contribution in [3.05, 3.63) is 29.8 Å². The molecule has 1 aromatic carbocycles. The Morgan fingerprint density at radius 2 is 2.24 bits per heavy atom. The molecular weight excluding hydrogens is 264 g/mol. The molecule has 1 saturated heterocycles. The van der Waals surface area contributed by atoms with Gasteiger partial charge in [0.1, 0.15) is 5.75 Å². The molecule has 1 heterocycles. The van der Waals surface area contributed by atoms with Gasteiger partial charge in [-0.25, -0.2) is 0 Å². The van der Waals surface area contributed by atoms with Gasteiger partial charge in [0.2, 0.25) is 5.91 Å². The molecular formula is C17H26N2O2. The SMILES string of the molecule is COc1ccccc1C[C@H](C)CC(=O)N1CCC[C@@H]1CN. The van der Waals surface area contributed by atoms with E-state index in [1.54, 1.807) is 7.11 Å². The summed E-state index contributed by atoms with van der Waals surface area (Å²) in [6, 6.07) is 8.26. The van der Waals surface area contributed by atoms with Crippen LogP contribution >= 0.6 is 0 Å². The van der Waals surface area contributed by atoms with E-state index in [4.69, 9.17) is 10.5 Å². The van der Waals surface area contributed by atoms with E-state index >= 15 is 0 Å². The Morgan fingerprint density at radius 1 is 1.48 bits per heavy atom. The van der Waals surface area contributed by atoms with Crippen LogP contribution in [0.2, 0.25) is 0 Å². The largest absolute Gasteiger partial charge is 0.496 e. The highest BCUT2D eigenvalue weighted by atomic mass is 16.5. The lowest BCUT2D eigenvalue weighted by molar-refractivity contribution is -0.132. The van der Waals surface area contributed by atoms with Crippen LogP contribution in [0.3, 0.4) is 0 Å². The van der Waals surface area contributed by atoms with Crippen molar-refractivity contribution in [1.29, 1.82) is 0 Å². The maximum Gasteiger partial charge on any atom is 0.223 e. The van der Waals surface area contributed by atoms with Crippen LogP contribution in [-0.4, -0.2) is 37.0 Å². The topological polar surface area (TPSA) is 55.6 Å². The number of para-hydroxylation sites is 1.